The molecule has 5 heteroatoms. The van der Waals surface area contributed by atoms with Gasteiger partial charge in [-0.2, -0.15) is 11.8 Å². The number of ether oxygens (including phenoxy) is 1. The SMILES string of the molecule is CCOc1ccc(C(C)NC)cc1CSCC(O)CO. The van der Waals surface area contributed by atoms with Crippen LogP contribution in [0.3, 0.4) is 0 Å². The highest BCUT2D eigenvalue weighted by molar-refractivity contribution is 7.98. The van der Waals surface area contributed by atoms with Gasteiger partial charge in [-0.15, -0.1) is 0 Å². The lowest BCUT2D eigenvalue weighted by molar-refractivity contribution is 0.113. The van der Waals surface area contributed by atoms with Crippen LogP contribution in [0, 0.1) is 0 Å². The molecule has 0 saturated carbocycles. The summed E-state index contributed by atoms with van der Waals surface area (Å²) in [5.41, 5.74) is 2.34. The van der Waals surface area contributed by atoms with E-state index in [4.69, 9.17) is 9.84 Å². The Hall–Kier alpha value is -0.750. The van der Waals surface area contributed by atoms with Crippen molar-refractivity contribution in [2.45, 2.75) is 31.7 Å². The third-order valence-corrected chi connectivity index (χ3v) is 4.23. The molecule has 1 rings (SSSR count). The van der Waals surface area contributed by atoms with Crippen molar-refractivity contribution in [2.24, 2.45) is 0 Å². The Morgan fingerprint density at radius 1 is 1.40 bits per heavy atom. The molecule has 2 unspecified atom stereocenters. The minimum absolute atomic E-state index is 0.192. The first-order chi connectivity index (χ1) is 9.62. The zero-order chi connectivity index (χ0) is 15.0. The van der Waals surface area contributed by atoms with E-state index in [-0.39, 0.29) is 12.6 Å². The van der Waals surface area contributed by atoms with Gasteiger partial charge < -0.3 is 20.3 Å². The maximum atomic E-state index is 9.38. The molecule has 0 radical (unpaired) electrons. The maximum absolute atomic E-state index is 9.38. The fraction of sp³-hybridized carbons (Fsp3) is 0.600. The highest BCUT2D eigenvalue weighted by atomic mass is 32.2. The summed E-state index contributed by atoms with van der Waals surface area (Å²) in [6, 6.07) is 6.51. The number of rotatable bonds is 9. The molecule has 0 aliphatic heterocycles. The molecular formula is C15H25NO3S. The van der Waals surface area contributed by atoms with Gasteiger partial charge in [-0.05, 0) is 38.6 Å². The number of nitrogens with one attached hydrogen (secondary N) is 1. The van der Waals surface area contributed by atoms with Crippen LogP contribution in [0.4, 0.5) is 0 Å². The van der Waals surface area contributed by atoms with Crippen molar-refractivity contribution in [1.82, 2.24) is 5.32 Å². The van der Waals surface area contributed by atoms with E-state index < -0.39 is 6.10 Å². The molecule has 0 spiro atoms. The summed E-state index contributed by atoms with van der Waals surface area (Å²) in [6.07, 6.45) is -0.657. The molecule has 20 heavy (non-hydrogen) atoms. The highest BCUT2D eigenvalue weighted by Gasteiger charge is 2.10. The fourth-order valence-electron chi connectivity index (χ4n) is 1.80. The van der Waals surface area contributed by atoms with Crippen LogP contribution in [0.2, 0.25) is 0 Å². The normalized spacial score (nSPS) is 14.1. The van der Waals surface area contributed by atoms with Crippen LogP contribution in [0.15, 0.2) is 18.2 Å². The Morgan fingerprint density at radius 2 is 2.15 bits per heavy atom. The molecule has 1 aromatic rings. The summed E-state index contributed by atoms with van der Waals surface area (Å²) in [5.74, 6) is 2.18. The van der Waals surface area contributed by atoms with E-state index in [2.05, 4.69) is 24.4 Å². The largest absolute Gasteiger partial charge is 0.494 e. The van der Waals surface area contributed by atoms with E-state index in [9.17, 15) is 5.11 Å². The van der Waals surface area contributed by atoms with Crippen molar-refractivity contribution >= 4 is 11.8 Å². The lowest BCUT2D eigenvalue weighted by Crippen LogP contribution is -2.15. The molecule has 4 nitrogen and oxygen atoms in total. The van der Waals surface area contributed by atoms with Crippen LogP contribution in [0.25, 0.3) is 0 Å². The van der Waals surface area contributed by atoms with Crippen molar-refractivity contribution in [3.63, 3.8) is 0 Å². The van der Waals surface area contributed by atoms with E-state index in [1.165, 1.54) is 5.56 Å². The molecule has 1 aromatic carbocycles. The first-order valence-electron chi connectivity index (χ1n) is 6.91. The standard InChI is InChI=1S/C15H25NO3S/c1-4-19-15-6-5-12(11(2)16-3)7-13(15)9-20-10-14(18)8-17/h5-7,11,14,16-18H,4,8-10H2,1-3H3. The van der Waals surface area contributed by atoms with Crippen LogP contribution in [-0.2, 0) is 5.75 Å². The van der Waals surface area contributed by atoms with E-state index in [0.717, 1.165) is 17.1 Å². The lowest BCUT2D eigenvalue weighted by atomic mass is 10.1. The second-order valence-corrected chi connectivity index (χ2v) is 5.69. The quantitative estimate of drug-likeness (QED) is 0.650. The monoisotopic (exact) mass is 299 g/mol. The summed E-state index contributed by atoms with van der Waals surface area (Å²) in [4.78, 5) is 0. The topological polar surface area (TPSA) is 61.7 Å². The Balaban J connectivity index is 2.77. The average Bonchev–Trinajstić information content (AvgIpc) is 2.47. The summed E-state index contributed by atoms with van der Waals surface area (Å²) in [5, 5.41) is 21.4. The zero-order valence-electron chi connectivity index (χ0n) is 12.4. The molecule has 2 atom stereocenters. The van der Waals surface area contributed by atoms with Gasteiger partial charge in [0.25, 0.3) is 0 Å². The number of aliphatic hydroxyl groups is 2. The summed E-state index contributed by atoms with van der Waals surface area (Å²) >= 11 is 1.60. The molecular weight excluding hydrogens is 274 g/mol. The number of hydrogen-bond donors (Lipinski definition) is 3. The molecule has 0 saturated heterocycles. The predicted octanol–water partition coefficient (Wildman–Crippen LogP) is 1.95. The molecule has 3 N–H and O–H groups in total. The van der Waals surface area contributed by atoms with E-state index in [0.29, 0.717) is 12.4 Å². The lowest BCUT2D eigenvalue weighted by Gasteiger charge is -2.16. The van der Waals surface area contributed by atoms with Gasteiger partial charge in [-0.25, -0.2) is 0 Å². The minimum Gasteiger partial charge on any atom is -0.494 e. The zero-order valence-corrected chi connectivity index (χ0v) is 13.2. The van der Waals surface area contributed by atoms with Crippen molar-refractivity contribution in [3.05, 3.63) is 29.3 Å². The molecule has 0 aromatic heterocycles. The van der Waals surface area contributed by atoms with Gasteiger partial charge in [0.1, 0.15) is 5.75 Å². The second kappa shape index (κ2) is 9.23. The second-order valence-electron chi connectivity index (χ2n) is 4.66. The molecule has 0 fully saturated rings. The molecule has 0 heterocycles. The van der Waals surface area contributed by atoms with Crippen LogP contribution in [0.1, 0.15) is 31.0 Å². The molecule has 0 bridgehead atoms. The Kier molecular flexibility index (Phi) is 7.99. The summed E-state index contributed by atoms with van der Waals surface area (Å²) in [7, 11) is 1.94. The Bertz CT molecular complexity index is 401. The van der Waals surface area contributed by atoms with Crippen molar-refractivity contribution in [1.29, 1.82) is 0 Å². The van der Waals surface area contributed by atoms with E-state index in [1.807, 2.05) is 20.0 Å². The van der Waals surface area contributed by atoms with Crippen LogP contribution < -0.4 is 10.1 Å². The third-order valence-electron chi connectivity index (χ3n) is 3.10. The Labute approximate surface area is 125 Å². The van der Waals surface area contributed by atoms with E-state index >= 15 is 0 Å². The number of hydrogen-bond acceptors (Lipinski definition) is 5. The highest BCUT2D eigenvalue weighted by Crippen LogP contribution is 2.27. The van der Waals surface area contributed by atoms with Crippen LogP contribution in [-0.4, -0.2) is 42.3 Å². The predicted molar refractivity (Wildman–Crippen MR) is 84.3 cm³/mol. The van der Waals surface area contributed by atoms with Crippen LogP contribution in [0.5, 0.6) is 5.75 Å². The van der Waals surface area contributed by atoms with Gasteiger partial charge in [0.2, 0.25) is 0 Å². The number of aliphatic hydroxyl groups excluding tert-OH is 2. The number of thioether (sulfide) groups is 1. The van der Waals surface area contributed by atoms with Crippen molar-refractivity contribution in [2.75, 3.05) is 26.0 Å². The van der Waals surface area contributed by atoms with Gasteiger partial charge in [-0.3, -0.25) is 0 Å². The van der Waals surface area contributed by atoms with Gasteiger partial charge >= 0.3 is 0 Å². The first-order valence-corrected chi connectivity index (χ1v) is 8.07. The maximum Gasteiger partial charge on any atom is 0.123 e. The van der Waals surface area contributed by atoms with E-state index in [1.54, 1.807) is 11.8 Å². The van der Waals surface area contributed by atoms with Gasteiger partial charge in [0.15, 0.2) is 0 Å². The average molecular weight is 299 g/mol. The van der Waals surface area contributed by atoms with Crippen LogP contribution >= 0.6 is 11.8 Å². The summed E-state index contributed by atoms with van der Waals surface area (Å²) < 4.78 is 5.64. The smallest absolute Gasteiger partial charge is 0.123 e. The van der Waals surface area contributed by atoms with Gasteiger partial charge in [0, 0.05) is 23.1 Å². The fourth-order valence-corrected chi connectivity index (χ4v) is 2.74. The van der Waals surface area contributed by atoms with Crippen molar-refractivity contribution in [3.8, 4) is 5.75 Å². The van der Waals surface area contributed by atoms with Gasteiger partial charge in [-0.1, -0.05) is 6.07 Å². The molecule has 0 amide bonds. The van der Waals surface area contributed by atoms with Crippen molar-refractivity contribution < 1.29 is 14.9 Å². The first kappa shape index (κ1) is 17.3. The Morgan fingerprint density at radius 3 is 2.75 bits per heavy atom. The third kappa shape index (κ3) is 5.32. The molecule has 0 aliphatic rings. The number of benzene rings is 1. The summed E-state index contributed by atoms with van der Waals surface area (Å²) in [6.45, 7) is 4.53. The molecule has 114 valence electrons. The van der Waals surface area contributed by atoms with Gasteiger partial charge in [0.05, 0.1) is 19.3 Å². The minimum atomic E-state index is -0.657. The molecule has 0 aliphatic carbocycles.